The molecule has 48 heavy (non-hydrogen) atoms. The number of hydrogen-bond acceptors (Lipinski definition) is 2. The molecule has 2 N–H and O–H groups in total. The van der Waals surface area contributed by atoms with E-state index in [1.54, 1.807) is 24.3 Å². The first-order valence-corrected chi connectivity index (χ1v) is 20.6. The lowest BCUT2D eigenvalue weighted by molar-refractivity contribution is 0.0748. The monoisotopic (exact) mass is 665 g/mol. The fraction of sp³-hybridized carbons (Fsp3) is 0.727. The summed E-state index contributed by atoms with van der Waals surface area (Å²) < 4.78 is 0. The summed E-state index contributed by atoms with van der Waals surface area (Å²) in [6.07, 6.45) is 45.6. The zero-order chi connectivity index (χ0) is 34.8. The van der Waals surface area contributed by atoms with E-state index in [4.69, 9.17) is 5.73 Å². The van der Waals surface area contributed by atoms with Crippen molar-refractivity contribution >= 4 is 11.8 Å². The van der Waals surface area contributed by atoms with Crippen molar-refractivity contribution in [1.82, 2.24) is 4.90 Å². The van der Waals surface area contributed by atoms with Crippen LogP contribution < -0.4 is 5.73 Å². The molecule has 0 bridgehead atoms. The maximum atomic E-state index is 13.4. The molecule has 1 rings (SSSR count). The van der Waals surface area contributed by atoms with Gasteiger partial charge in [-0.3, -0.25) is 9.59 Å². The summed E-state index contributed by atoms with van der Waals surface area (Å²) in [4.78, 5) is 26.9. The van der Waals surface area contributed by atoms with Crippen molar-refractivity contribution in [3.8, 4) is 0 Å². The quantitative estimate of drug-likeness (QED) is 0.0588. The van der Waals surface area contributed by atoms with Crippen LogP contribution in [0.3, 0.4) is 0 Å². The Labute approximate surface area is 297 Å². The van der Waals surface area contributed by atoms with E-state index in [1.807, 2.05) is 4.90 Å². The van der Waals surface area contributed by atoms with E-state index < -0.39 is 5.91 Å². The molecule has 0 saturated carbocycles. The first kappa shape index (κ1) is 43.7. The standard InChI is InChI=1S/C44H76N2O2/c1-3-5-7-9-11-13-15-17-19-21-23-25-27-29-31-33-39-46(44(48)42-37-35-41(36-38-42)43(45)47)40-34-32-30-28-26-24-22-20-18-16-14-12-10-8-6-4-2/h17-20,35-38H,3-16,21-34,39-40H2,1-2H3,(H2,45,47)/b19-17-,20-18-. The SMILES string of the molecule is CCCCCCCC/C=C\CCCCCCCCN(CCCCCCCC/C=C\CCCCCCCC)C(=O)c1ccc(C(N)=O)cc1. The van der Waals surface area contributed by atoms with E-state index in [2.05, 4.69) is 38.2 Å². The molecule has 4 nitrogen and oxygen atoms in total. The third-order valence-electron chi connectivity index (χ3n) is 9.58. The van der Waals surface area contributed by atoms with Crippen LogP contribution in [-0.4, -0.2) is 29.8 Å². The molecular formula is C44H76N2O2. The summed E-state index contributed by atoms with van der Waals surface area (Å²) in [5.41, 5.74) is 6.50. The van der Waals surface area contributed by atoms with Crippen LogP contribution in [0.25, 0.3) is 0 Å². The lowest BCUT2D eigenvalue weighted by atomic mass is 10.1. The largest absolute Gasteiger partial charge is 0.366 e. The van der Waals surface area contributed by atoms with E-state index in [9.17, 15) is 9.59 Å². The number of nitrogens with two attached hydrogens (primary N) is 1. The van der Waals surface area contributed by atoms with E-state index >= 15 is 0 Å². The van der Waals surface area contributed by atoms with Crippen LogP contribution >= 0.6 is 0 Å². The number of amides is 2. The van der Waals surface area contributed by atoms with Gasteiger partial charge in [0.2, 0.25) is 5.91 Å². The van der Waals surface area contributed by atoms with E-state index in [-0.39, 0.29) is 5.91 Å². The van der Waals surface area contributed by atoms with Crippen molar-refractivity contribution in [2.75, 3.05) is 13.1 Å². The fourth-order valence-electron chi connectivity index (χ4n) is 6.37. The molecule has 0 saturated heterocycles. The van der Waals surface area contributed by atoms with Gasteiger partial charge in [0, 0.05) is 24.2 Å². The van der Waals surface area contributed by atoms with Gasteiger partial charge in [-0.15, -0.1) is 0 Å². The van der Waals surface area contributed by atoms with Crippen LogP contribution in [0.15, 0.2) is 48.6 Å². The minimum absolute atomic E-state index is 0.0755. The van der Waals surface area contributed by atoms with Crippen LogP contribution in [0.2, 0.25) is 0 Å². The predicted octanol–water partition coefficient (Wildman–Crippen LogP) is 13.3. The summed E-state index contributed by atoms with van der Waals surface area (Å²) >= 11 is 0. The molecule has 1 aromatic carbocycles. The van der Waals surface area contributed by atoms with Gasteiger partial charge in [0.05, 0.1) is 0 Å². The number of nitrogens with zero attached hydrogens (tertiary/aromatic N) is 1. The summed E-state index contributed by atoms with van der Waals surface area (Å²) in [6, 6.07) is 6.84. The molecule has 0 unspecified atom stereocenters. The van der Waals surface area contributed by atoms with Crippen molar-refractivity contribution in [2.45, 2.75) is 194 Å². The summed E-state index contributed by atoms with van der Waals surface area (Å²) in [5, 5.41) is 0. The van der Waals surface area contributed by atoms with Crippen molar-refractivity contribution in [3.63, 3.8) is 0 Å². The predicted molar refractivity (Wildman–Crippen MR) is 210 cm³/mol. The van der Waals surface area contributed by atoms with Crippen molar-refractivity contribution in [2.24, 2.45) is 5.73 Å². The van der Waals surface area contributed by atoms with Crippen molar-refractivity contribution in [3.05, 3.63) is 59.7 Å². The fourth-order valence-corrected chi connectivity index (χ4v) is 6.37. The molecule has 0 aliphatic rings. The Hall–Kier alpha value is -2.36. The van der Waals surface area contributed by atoms with Crippen molar-refractivity contribution < 1.29 is 9.59 Å². The van der Waals surface area contributed by atoms with E-state index in [1.165, 1.54) is 167 Å². The number of carbonyl (C=O) groups is 2. The molecule has 0 aromatic heterocycles. The molecule has 4 heteroatoms. The smallest absolute Gasteiger partial charge is 0.253 e. The van der Waals surface area contributed by atoms with Gasteiger partial charge in [-0.1, -0.05) is 154 Å². The van der Waals surface area contributed by atoms with Crippen LogP contribution in [0.1, 0.15) is 214 Å². The highest BCUT2D eigenvalue weighted by atomic mass is 16.2. The highest BCUT2D eigenvalue weighted by Gasteiger charge is 2.15. The normalized spacial score (nSPS) is 11.6. The lowest BCUT2D eigenvalue weighted by Gasteiger charge is -2.23. The maximum Gasteiger partial charge on any atom is 0.253 e. The molecule has 0 aliphatic heterocycles. The second kappa shape index (κ2) is 33.2. The van der Waals surface area contributed by atoms with Gasteiger partial charge < -0.3 is 10.6 Å². The molecule has 0 fully saturated rings. The van der Waals surface area contributed by atoms with Gasteiger partial charge in [0.15, 0.2) is 0 Å². The average molecular weight is 665 g/mol. The van der Waals surface area contributed by atoms with Gasteiger partial charge in [0.25, 0.3) is 5.91 Å². The first-order chi connectivity index (χ1) is 23.6. The summed E-state index contributed by atoms with van der Waals surface area (Å²) in [6.45, 7) is 6.17. The third kappa shape index (κ3) is 25.6. The number of allylic oxidation sites excluding steroid dienone is 4. The minimum Gasteiger partial charge on any atom is -0.366 e. The second-order valence-corrected chi connectivity index (χ2v) is 14.1. The molecule has 0 radical (unpaired) electrons. The van der Waals surface area contributed by atoms with Gasteiger partial charge in [-0.25, -0.2) is 0 Å². The van der Waals surface area contributed by atoms with E-state index in [0.717, 1.165) is 25.9 Å². The third-order valence-corrected chi connectivity index (χ3v) is 9.58. The lowest BCUT2D eigenvalue weighted by Crippen LogP contribution is -2.33. The number of primary amides is 1. The van der Waals surface area contributed by atoms with Gasteiger partial charge >= 0.3 is 0 Å². The van der Waals surface area contributed by atoms with Crippen molar-refractivity contribution in [1.29, 1.82) is 0 Å². The summed E-state index contributed by atoms with van der Waals surface area (Å²) in [7, 11) is 0. The first-order valence-electron chi connectivity index (χ1n) is 20.6. The van der Waals surface area contributed by atoms with Gasteiger partial charge in [-0.2, -0.15) is 0 Å². The molecule has 0 spiro atoms. The molecule has 0 atom stereocenters. The Balaban J connectivity index is 2.24. The number of benzene rings is 1. The Morgan fingerprint density at radius 1 is 0.458 bits per heavy atom. The molecule has 0 heterocycles. The number of carbonyl (C=O) groups excluding carboxylic acids is 2. The molecular weight excluding hydrogens is 588 g/mol. The number of unbranched alkanes of at least 4 members (excludes halogenated alkanes) is 24. The zero-order valence-electron chi connectivity index (χ0n) is 31.7. The van der Waals surface area contributed by atoms with E-state index in [0.29, 0.717) is 11.1 Å². The Morgan fingerprint density at radius 2 is 0.750 bits per heavy atom. The Bertz CT molecular complexity index is 894. The molecule has 0 aliphatic carbocycles. The topological polar surface area (TPSA) is 63.4 Å². The van der Waals surface area contributed by atoms with Crippen LogP contribution in [0, 0.1) is 0 Å². The number of rotatable bonds is 34. The van der Waals surface area contributed by atoms with Crippen LogP contribution in [0.4, 0.5) is 0 Å². The molecule has 274 valence electrons. The highest BCUT2D eigenvalue weighted by Crippen LogP contribution is 2.15. The minimum atomic E-state index is -0.459. The van der Waals surface area contributed by atoms with Gasteiger partial charge in [-0.05, 0) is 88.5 Å². The summed E-state index contributed by atoms with van der Waals surface area (Å²) in [5.74, 6) is -0.384. The molecule has 2 amide bonds. The maximum absolute atomic E-state index is 13.4. The number of hydrogen-bond donors (Lipinski definition) is 1. The highest BCUT2D eigenvalue weighted by molar-refractivity contribution is 5.97. The zero-order valence-corrected chi connectivity index (χ0v) is 31.7. The van der Waals surface area contributed by atoms with Crippen LogP contribution in [-0.2, 0) is 0 Å². The molecule has 1 aromatic rings. The van der Waals surface area contributed by atoms with Gasteiger partial charge in [0.1, 0.15) is 0 Å². The Kier molecular flexibility index (Phi) is 30.2. The second-order valence-electron chi connectivity index (χ2n) is 14.1. The Morgan fingerprint density at radius 3 is 1.08 bits per heavy atom. The van der Waals surface area contributed by atoms with Crippen LogP contribution in [0.5, 0.6) is 0 Å². The average Bonchev–Trinajstić information content (AvgIpc) is 3.10.